The first-order valence-electron chi connectivity index (χ1n) is 10.8. The molecule has 8 heteroatoms. The Kier molecular flexibility index (Phi) is 5.96. The van der Waals surface area contributed by atoms with Crippen LogP contribution in [-0.2, 0) is 17.8 Å². The zero-order valence-electron chi connectivity index (χ0n) is 17.6. The van der Waals surface area contributed by atoms with Crippen LogP contribution in [0.15, 0.2) is 53.3 Å². The molecule has 0 spiro atoms. The van der Waals surface area contributed by atoms with Crippen LogP contribution in [0.5, 0.6) is 11.5 Å². The number of H-pyrrole nitrogens is 1. The fraction of sp³-hybridized carbons (Fsp3) is 0.333. The Hall–Kier alpha value is -3.10. The lowest BCUT2D eigenvalue weighted by Crippen LogP contribution is -2.43. The van der Waals surface area contributed by atoms with Crippen LogP contribution in [0.4, 0.5) is 0 Å². The summed E-state index contributed by atoms with van der Waals surface area (Å²) in [5.74, 6) is 1.33. The molecule has 3 heterocycles. The van der Waals surface area contributed by atoms with Crippen LogP contribution in [0.1, 0.15) is 24.0 Å². The molecule has 166 valence electrons. The predicted octanol–water partition coefficient (Wildman–Crippen LogP) is 3.31. The van der Waals surface area contributed by atoms with Gasteiger partial charge in [-0.1, -0.05) is 30.3 Å². The highest BCUT2D eigenvalue weighted by molar-refractivity contribution is 7.80. The molecule has 2 aliphatic rings. The van der Waals surface area contributed by atoms with Crippen LogP contribution in [0.2, 0.25) is 0 Å². The molecule has 2 aliphatic heterocycles. The number of hydrogen-bond acceptors (Lipinski definition) is 5. The summed E-state index contributed by atoms with van der Waals surface area (Å²) in [4.78, 5) is 17.9. The van der Waals surface area contributed by atoms with Crippen LogP contribution in [0, 0.1) is 0 Å². The first-order valence-corrected chi connectivity index (χ1v) is 11.2. The molecule has 2 aromatic carbocycles. The summed E-state index contributed by atoms with van der Waals surface area (Å²) < 4.78 is 16.7. The Balaban J connectivity index is 1.37. The summed E-state index contributed by atoms with van der Waals surface area (Å²) in [6.07, 6.45) is 2.15. The summed E-state index contributed by atoms with van der Waals surface area (Å²) in [5.41, 5.74) is 2.36. The second-order valence-electron chi connectivity index (χ2n) is 8.08. The van der Waals surface area contributed by atoms with Gasteiger partial charge in [-0.2, -0.15) is 0 Å². The highest BCUT2D eigenvalue weighted by Crippen LogP contribution is 2.35. The molecule has 0 bridgehead atoms. The Morgan fingerprint density at radius 2 is 1.97 bits per heavy atom. The first-order chi connectivity index (χ1) is 15.7. The molecule has 3 aromatic rings. The van der Waals surface area contributed by atoms with Gasteiger partial charge in [-0.05, 0) is 42.8 Å². The van der Waals surface area contributed by atoms with Crippen molar-refractivity contribution in [3.05, 3.63) is 70.0 Å². The van der Waals surface area contributed by atoms with Gasteiger partial charge >= 0.3 is 0 Å². The van der Waals surface area contributed by atoms with Gasteiger partial charge in [0.05, 0.1) is 18.2 Å². The smallest absolute Gasteiger partial charge is 0.253 e. The molecule has 32 heavy (non-hydrogen) atoms. The molecule has 0 saturated carbocycles. The van der Waals surface area contributed by atoms with Gasteiger partial charge in [-0.25, -0.2) is 0 Å². The van der Waals surface area contributed by atoms with Gasteiger partial charge in [0.25, 0.3) is 5.56 Å². The van der Waals surface area contributed by atoms with Crippen LogP contribution in [0.3, 0.4) is 0 Å². The van der Waals surface area contributed by atoms with Crippen molar-refractivity contribution in [3.63, 3.8) is 0 Å². The Bertz CT molecular complexity index is 1180. The normalized spacial score (nSPS) is 16.9. The van der Waals surface area contributed by atoms with E-state index in [-0.39, 0.29) is 18.5 Å². The maximum absolute atomic E-state index is 12.9. The van der Waals surface area contributed by atoms with Gasteiger partial charge in [0.1, 0.15) is 0 Å². The van der Waals surface area contributed by atoms with Crippen LogP contribution in [-0.4, -0.2) is 41.0 Å². The van der Waals surface area contributed by atoms with E-state index in [4.69, 9.17) is 26.4 Å². The monoisotopic (exact) mass is 451 g/mol. The van der Waals surface area contributed by atoms with Gasteiger partial charge in [0.15, 0.2) is 16.6 Å². The van der Waals surface area contributed by atoms with Crippen LogP contribution in [0.25, 0.3) is 10.9 Å². The summed E-state index contributed by atoms with van der Waals surface area (Å²) >= 11 is 5.72. The summed E-state index contributed by atoms with van der Waals surface area (Å²) in [6, 6.07) is 15.7. The molecule has 5 rings (SSSR count). The van der Waals surface area contributed by atoms with Gasteiger partial charge in [-0.3, -0.25) is 4.79 Å². The van der Waals surface area contributed by atoms with E-state index in [1.165, 1.54) is 0 Å². The molecule has 2 N–H and O–H groups in total. The third-order valence-electron chi connectivity index (χ3n) is 5.80. The molecule has 1 fully saturated rings. The van der Waals surface area contributed by atoms with E-state index in [2.05, 4.69) is 22.4 Å². The van der Waals surface area contributed by atoms with Crippen molar-refractivity contribution in [2.24, 2.45) is 0 Å². The third-order valence-corrected chi connectivity index (χ3v) is 6.20. The molecular formula is C24H25N3O4S. The SMILES string of the molecule is O=c1[nH]c2cc3c(cc2cc1CN(C[C@H]1CCCO1)C(=S)NCc1ccccc1)OCO3. The molecule has 0 unspecified atom stereocenters. The zero-order valence-corrected chi connectivity index (χ0v) is 18.5. The second kappa shape index (κ2) is 9.18. The average molecular weight is 452 g/mol. The van der Waals surface area contributed by atoms with E-state index < -0.39 is 0 Å². The van der Waals surface area contributed by atoms with Gasteiger partial charge in [0, 0.05) is 36.7 Å². The lowest BCUT2D eigenvalue weighted by molar-refractivity contribution is 0.0896. The number of nitrogens with zero attached hydrogens (tertiary/aromatic N) is 1. The lowest BCUT2D eigenvalue weighted by atomic mass is 10.1. The number of ether oxygens (including phenoxy) is 3. The van der Waals surface area contributed by atoms with Crippen LogP contribution < -0.4 is 20.3 Å². The van der Waals surface area contributed by atoms with Crippen molar-refractivity contribution < 1.29 is 14.2 Å². The number of fused-ring (bicyclic) bond motifs is 2. The van der Waals surface area contributed by atoms with Crippen LogP contribution >= 0.6 is 12.2 Å². The van der Waals surface area contributed by atoms with E-state index in [0.29, 0.717) is 41.8 Å². The molecule has 0 amide bonds. The number of benzene rings is 2. The molecule has 1 atom stereocenters. The van der Waals surface area contributed by atoms with Gasteiger partial charge in [-0.15, -0.1) is 0 Å². The Labute approximate surface area is 191 Å². The summed E-state index contributed by atoms with van der Waals surface area (Å²) in [6.45, 7) is 2.62. The number of rotatable bonds is 6. The largest absolute Gasteiger partial charge is 0.454 e. The fourth-order valence-electron chi connectivity index (χ4n) is 4.10. The Morgan fingerprint density at radius 3 is 2.75 bits per heavy atom. The molecular weight excluding hydrogens is 426 g/mol. The Morgan fingerprint density at radius 1 is 1.16 bits per heavy atom. The van der Waals surface area contributed by atoms with Crippen molar-refractivity contribution in [3.8, 4) is 11.5 Å². The summed E-state index contributed by atoms with van der Waals surface area (Å²) in [7, 11) is 0. The van der Waals surface area contributed by atoms with Crippen molar-refractivity contribution in [2.75, 3.05) is 19.9 Å². The third kappa shape index (κ3) is 4.56. The minimum atomic E-state index is -0.139. The number of nitrogens with one attached hydrogen (secondary N) is 2. The zero-order chi connectivity index (χ0) is 21.9. The van der Waals surface area contributed by atoms with Gasteiger partial charge < -0.3 is 29.4 Å². The van der Waals surface area contributed by atoms with Crippen molar-refractivity contribution in [1.82, 2.24) is 15.2 Å². The number of thiocarbonyl (C=S) groups is 1. The molecule has 0 aliphatic carbocycles. The molecule has 1 aromatic heterocycles. The lowest BCUT2D eigenvalue weighted by Gasteiger charge is -2.28. The van der Waals surface area contributed by atoms with E-state index in [0.717, 1.165) is 35.9 Å². The second-order valence-corrected chi connectivity index (χ2v) is 8.46. The van der Waals surface area contributed by atoms with E-state index in [9.17, 15) is 4.79 Å². The quantitative estimate of drug-likeness (QED) is 0.557. The predicted molar refractivity (Wildman–Crippen MR) is 126 cm³/mol. The van der Waals surface area contributed by atoms with Crippen molar-refractivity contribution >= 4 is 28.2 Å². The van der Waals surface area contributed by atoms with E-state index in [1.807, 2.05) is 35.2 Å². The van der Waals surface area contributed by atoms with E-state index in [1.54, 1.807) is 6.07 Å². The molecule has 0 radical (unpaired) electrons. The standard InChI is InChI=1S/C24H25N3O4S/c28-23-18(9-17-10-21-22(31-15-30-21)11-20(17)26-23)13-27(14-19-7-4-8-29-19)24(32)25-12-16-5-2-1-3-6-16/h1-3,5-6,9-11,19H,4,7-8,12-15H2,(H,25,32)(H,26,28)/t19-/m1/s1. The number of pyridine rings is 1. The minimum Gasteiger partial charge on any atom is -0.454 e. The maximum Gasteiger partial charge on any atom is 0.253 e. The topological polar surface area (TPSA) is 75.8 Å². The number of aromatic nitrogens is 1. The van der Waals surface area contributed by atoms with Gasteiger partial charge in [0.2, 0.25) is 6.79 Å². The minimum absolute atomic E-state index is 0.111. The van der Waals surface area contributed by atoms with Crippen molar-refractivity contribution in [2.45, 2.75) is 32.0 Å². The maximum atomic E-state index is 12.9. The molecule has 1 saturated heterocycles. The highest BCUT2D eigenvalue weighted by atomic mass is 32.1. The van der Waals surface area contributed by atoms with E-state index >= 15 is 0 Å². The molecule has 7 nitrogen and oxygen atoms in total. The fourth-order valence-corrected chi connectivity index (χ4v) is 4.31. The highest BCUT2D eigenvalue weighted by Gasteiger charge is 2.22. The van der Waals surface area contributed by atoms with Crippen molar-refractivity contribution in [1.29, 1.82) is 0 Å². The first kappa shape index (κ1) is 20.8. The number of aromatic amines is 1. The summed E-state index contributed by atoms with van der Waals surface area (Å²) in [5, 5.41) is 4.84. The number of hydrogen-bond donors (Lipinski definition) is 2. The average Bonchev–Trinajstić information content (AvgIpc) is 3.48.